The molecule has 2 aromatic rings. The first kappa shape index (κ1) is 16.6. The van der Waals surface area contributed by atoms with Crippen molar-refractivity contribution in [2.24, 2.45) is 5.73 Å². The van der Waals surface area contributed by atoms with Crippen LogP contribution in [0.15, 0.2) is 76.2 Å². The Labute approximate surface area is 139 Å². The quantitative estimate of drug-likeness (QED) is 0.613. The Bertz CT molecular complexity index is 683. The molecule has 5 N–H and O–H groups in total. The van der Waals surface area contributed by atoms with E-state index in [4.69, 9.17) is 11.1 Å². The molecule has 2 rings (SSSR count). The monoisotopic (exact) mass is 326 g/mol. The Morgan fingerprint density at radius 3 is 2.35 bits per heavy atom. The van der Waals surface area contributed by atoms with Crippen LogP contribution in [0.1, 0.15) is 0 Å². The largest absolute Gasteiger partial charge is 0.404 e. The zero-order valence-electron chi connectivity index (χ0n) is 12.5. The molecule has 23 heavy (non-hydrogen) atoms. The lowest BCUT2D eigenvalue weighted by Crippen LogP contribution is -2.30. The first-order valence-electron chi connectivity index (χ1n) is 7.00. The normalized spacial score (nSPS) is 10.9. The van der Waals surface area contributed by atoms with E-state index in [1.165, 1.54) is 11.1 Å². The van der Waals surface area contributed by atoms with Crippen molar-refractivity contribution < 1.29 is 4.79 Å². The molecule has 0 saturated heterocycles. The van der Waals surface area contributed by atoms with Crippen molar-refractivity contribution in [2.45, 2.75) is 9.79 Å². The second-order valence-corrected chi connectivity index (χ2v) is 5.78. The van der Waals surface area contributed by atoms with Gasteiger partial charge in [-0.25, -0.2) is 4.79 Å². The highest BCUT2D eigenvalue weighted by Gasteiger charge is 2.03. The predicted molar refractivity (Wildman–Crippen MR) is 95.1 cm³/mol. The number of rotatable bonds is 6. The van der Waals surface area contributed by atoms with Crippen molar-refractivity contribution in [1.29, 1.82) is 5.41 Å². The molecule has 0 unspecified atom stereocenters. The van der Waals surface area contributed by atoms with Gasteiger partial charge in [0.1, 0.15) is 0 Å². The van der Waals surface area contributed by atoms with Gasteiger partial charge in [-0.2, -0.15) is 0 Å². The van der Waals surface area contributed by atoms with Crippen LogP contribution in [-0.2, 0) is 0 Å². The van der Waals surface area contributed by atoms with Crippen LogP contribution in [0.4, 0.5) is 10.5 Å². The SMILES string of the molecule is N=C/C(=C\N)CNC(=O)Nc1ccc(Sc2ccccc2)cc1. The number of carbonyl (C=O) groups is 1. The highest BCUT2D eigenvalue weighted by Crippen LogP contribution is 2.28. The van der Waals surface area contributed by atoms with Crippen molar-refractivity contribution in [3.05, 3.63) is 66.4 Å². The molecule has 2 amide bonds. The van der Waals surface area contributed by atoms with Gasteiger partial charge in [0.25, 0.3) is 0 Å². The summed E-state index contributed by atoms with van der Waals surface area (Å²) in [6.45, 7) is 0.216. The molecule has 118 valence electrons. The van der Waals surface area contributed by atoms with Gasteiger partial charge < -0.3 is 21.8 Å². The smallest absolute Gasteiger partial charge is 0.319 e. The summed E-state index contributed by atoms with van der Waals surface area (Å²) in [5, 5.41) is 12.5. The number of nitrogens with one attached hydrogen (secondary N) is 3. The summed E-state index contributed by atoms with van der Waals surface area (Å²) in [5.41, 5.74) is 6.55. The van der Waals surface area contributed by atoms with Crippen molar-refractivity contribution >= 4 is 29.7 Å². The lowest BCUT2D eigenvalue weighted by atomic mass is 10.3. The van der Waals surface area contributed by atoms with Crippen molar-refractivity contribution in [1.82, 2.24) is 5.32 Å². The van der Waals surface area contributed by atoms with E-state index in [9.17, 15) is 4.79 Å². The first-order valence-corrected chi connectivity index (χ1v) is 7.82. The van der Waals surface area contributed by atoms with E-state index in [1.54, 1.807) is 11.8 Å². The van der Waals surface area contributed by atoms with E-state index < -0.39 is 0 Å². The fourth-order valence-corrected chi connectivity index (χ4v) is 2.58. The molecule has 0 heterocycles. The van der Waals surface area contributed by atoms with E-state index in [0.29, 0.717) is 11.3 Å². The standard InChI is InChI=1S/C17H18N4OS/c18-10-13(11-19)12-20-17(22)21-14-6-8-16(9-7-14)23-15-4-2-1-3-5-15/h1-11,18H,12,19H2,(H2,20,21,22)/b13-11+,18-10?. The van der Waals surface area contributed by atoms with E-state index >= 15 is 0 Å². The molecular formula is C17H18N4OS. The number of hydrogen-bond donors (Lipinski definition) is 4. The number of benzene rings is 2. The van der Waals surface area contributed by atoms with E-state index in [0.717, 1.165) is 11.1 Å². The summed E-state index contributed by atoms with van der Waals surface area (Å²) in [5.74, 6) is 0. The second-order valence-electron chi connectivity index (χ2n) is 4.63. The molecule has 0 aliphatic rings. The summed E-state index contributed by atoms with van der Waals surface area (Å²) in [6, 6.07) is 17.4. The Morgan fingerprint density at radius 2 is 1.74 bits per heavy atom. The third-order valence-electron chi connectivity index (χ3n) is 2.94. The molecule has 0 bridgehead atoms. The molecule has 6 heteroatoms. The van der Waals surface area contributed by atoms with Gasteiger partial charge in [0.2, 0.25) is 0 Å². The van der Waals surface area contributed by atoms with Gasteiger partial charge in [-0.15, -0.1) is 0 Å². The van der Waals surface area contributed by atoms with Crippen molar-refractivity contribution in [2.75, 3.05) is 11.9 Å². The van der Waals surface area contributed by atoms with Crippen LogP contribution >= 0.6 is 11.8 Å². The minimum absolute atomic E-state index is 0.216. The van der Waals surface area contributed by atoms with Crippen molar-refractivity contribution in [3.63, 3.8) is 0 Å². The number of carbonyl (C=O) groups excluding carboxylic acids is 1. The summed E-state index contributed by atoms with van der Waals surface area (Å²) in [6.07, 6.45) is 2.40. The molecule has 0 radical (unpaired) electrons. The summed E-state index contributed by atoms with van der Waals surface area (Å²) in [7, 11) is 0. The molecule has 5 nitrogen and oxygen atoms in total. The maximum absolute atomic E-state index is 11.8. The minimum atomic E-state index is -0.338. The van der Waals surface area contributed by atoms with Crippen LogP contribution in [0.25, 0.3) is 0 Å². The minimum Gasteiger partial charge on any atom is -0.404 e. The zero-order chi connectivity index (χ0) is 16.5. The molecule has 0 atom stereocenters. The molecule has 0 fully saturated rings. The van der Waals surface area contributed by atoms with Gasteiger partial charge in [-0.3, -0.25) is 0 Å². The Balaban J connectivity index is 1.87. The molecule has 0 aliphatic carbocycles. The molecule has 2 aromatic carbocycles. The van der Waals surface area contributed by atoms with Gasteiger partial charge in [0.15, 0.2) is 0 Å². The maximum atomic E-state index is 11.8. The molecular weight excluding hydrogens is 308 g/mol. The molecule has 0 saturated carbocycles. The Hall–Kier alpha value is -2.73. The van der Waals surface area contributed by atoms with Gasteiger partial charge in [-0.05, 0) is 36.4 Å². The number of amides is 2. The fourth-order valence-electron chi connectivity index (χ4n) is 1.75. The van der Waals surface area contributed by atoms with Crippen LogP contribution in [0.5, 0.6) is 0 Å². The van der Waals surface area contributed by atoms with Gasteiger partial charge >= 0.3 is 6.03 Å². The Morgan fingerprint density at radius 1 is 1.09 bits per heavy atom. The number of anilines is 1. The highest BCUT2D eigenvalue weighted by atomic mass is 32.2. The predicted octanol–water partition coefficient (Wildman–Crippen LogP) is 3.45. The van der Waals surface area contributed by atoms with Crippen LogP contribution in [0.3, 0.4) is 0 Å². The summed E-state index contributed by atoms with van der Waals surface area (Å²) >= 11 is 1.66. The van der Waals surface area contributed by atoms with Crippen LogP contribution < -0.4 is 16.4 Å². The second kappa shape index (κ2) is 8.65. The number of nitrogens with two attached hydrogens (primary N) is 1. The van der Waals surface area contributed by atoms with Crippen LogP contribution in [0, 0.1) is 5.41 Å². The van der Waals surface area contributed by atoms with Gasteiger partial charge in [0.05, 0.1) is 0 Å². The number of hydrogen-bond acceptors (Lipinski definition) is 4. The average molecular weight is 326 g/mol. The topological polar surface area (TPSA) is 91.0 Å². The average Bonchev–Trinajstić information content (AvgIpc) is 2.58. The molecule has 0 spiro atoms. The third-order valence-corrected chi connectivity index (χ3v) is 3.96. The van der Waals surface area contributed by atoms with Gasteiger partial charge in [0, 0.05) is 40.0 Å². The highest BCUT2D eigenvalue weighted by molar-refractivity contribution is 7.99. The first-order chi connectivity index (χ1) is 11.2. The maximum Gasteiger partial charge on any atom is 0.319 e. The van der Waals surface area contributed by atoms with Crippen LogP contribution in [0.2, 0.25) is 0 Å². The van der Waals surface area contributed by atoms with Crippen LogP contribution in [-0.4, -0.2) is 18.8 Å². The third kappa shape index (κ3) is 5.52. The zero-order valence-corrected chi connectivity index (χ0v) is 13.3. The fraction of sp³-hybridized carbons (Fsp3) is 0.0588. The van der Waals surface area contributed by atoms with E-state index in [1.807, 2.05) is 42.5 Å². The summed E-state index contributed by atoms with van der Waals surface area (Å²) < 4.78 is 0. The van der Waals surface area contributed by atoms with E-state index in [-0.39, 0.29) is 12.6 Å². The van der Waals surface area contributed by atoms with Crippen molar-refractivity contribution in [3.8, 4) is 0 Å². The summed E-state index contributed by atoms with van der Waals surface area (Å²) in [4.78, 5) is 14.0. The molecule has 0 aromatic heterocycles. The Kier molecular flexibility index (Phi) is 6.26. The number of urea groups is 1. The lowest BCUT2D eigenvalue weighted by Gasteiger charge is -2.08. The molecule has 0 aliphatic heterocycles. The van der Waals surface area contributed by atoms with E-state index in [2.05, 4.69) is 22.8 Å². The van der Waals surface area contributed by atoms with Gasteiger partial charge in [-0.1, -0.05) is 30.0 Å². The lowest BCUT2D eigenvalue weighted by molar-refractivity contribution is 0.253.